The van der Waals surface area contributed by atoms with Gasteiger partial charge in [0, 0.05) is 31.7 Å². The third kappa shape index (κ3) is 4.77. The fraction of sp³-hybridized carbons (Fsp3) is 0.417. The molecule has 0 bridgehead atoms. The van der Waals surface area contributed by atoms with Gasteiger partial charge in [0.25, 0.3) is 0 Å². The van der Waals surface area contributed by atoms with Crippen molar-refractivity contribution in [1.82, 2.24) is 15.4 Å². The molecule has 0 heterocycles. The number of nitrogens with zero attached hydrogens (tertiary/aromatic N) is 1. The average Bonchev–Trinajstić information content (AvgIpc) is 2.41. The minimum absolute atomic E-state index is 0.246. The summed E-state index contributed by atoms with van der Waals surface area (Å²) in [6, 6.07) is 5.21. The molecule has 6 nitrogen and oxygen atoms in total. The highest BCUT2D eigenvalue weighted by Crippen LogP contribution is 2.22. The van der Waals surface area contributed by atoms with Crippen molar-refractivity contribution >= 4 is 31.9 Å². The van der Waals surface area contributed by atoms with Crippen LogP contribution in [0.5, 0.6) is 0 Å². The first-order chi connectivity index (χ1) is 9.40. The Kier molecular flexibility index (Phi) is 6.44. The Morgan fingerprint density at radius 2 is 2.05 bits per heavy atom. The second kappa shape index (κ2) is 7.61. The maximum atomic E-state index is 12.2. The minimum atomic E-state index is -3.52. The molecule has 8 heteroatoms. The van der Waals surface area contributed by atoms with Crippen molar-refractivity contribution in [2.45, 2.75) is 11.8 Å². The van der Waals surface area contributed by atoms with Gasteiger partial charge in [-0.15, -0.1) is 0 Å². The molecule has 0 spiro atoms. The third-order valence-electron chi connectivity index (χ3n) is 2.55. The van der Waals surface area contributed by atoms with Gasteiger partial charge in [-0.25, -0.2) is 13.1 Å². The molecule has 0 aliphatic carbocycles. The first kappa shape index (κ1) is 16.9. The van der Waals surface area contributed by atoms with Crippen LogP contribution in [0.2, 0.25) is 0 Å². The topological polar surface area (TPSA) is 82.6 Å². The number of aryl methyl sites for hydroxylation is 1. The van der Waals surface area contributed by atoms with Gasteiger partial charge in [-0.2, -0.15) is 0 Å². The predicted octanol–water partition coefficient (Wildman–Crippen LogP) is 0.831. The fourth-order valence-corrected chi connectivity index (χ4v) is 3.62. The lowest BCUT2D eigenvalue weighted by Gasteiger charge is -2.11. The van der Waals surface area contributed by atoms with Gasteiger partial charge in [-0.3, -0.25) is 4.99 Å². The van der Waals surface area contributed by atoms with Crippen molar-refractivity contribution in [3.05, 3.63) is 28.2 Å². The van der Waals surface area contributed by atoms with E-state index in [4.69, 9.17) is 0 Å². The zero-order chi connectivity index (χ0) is 15.2. The van der Waals surface area contributed by atoms with Crippen molar-refractivity contribution in [1.29, 1.82) is 0 Å². The van der Waals surface area contributed by atoms with E-state index in [1.54, 1.807) is 26.2 Å². The summed E-state index contributed by atoms with van der Waals surface area (Å²) in [4.78, 5) is 4.18. The van der Waals surface area contributed by atoms with Gasteiger partial charge in [0.1, 0.15) is 0 Å². The van der Waals surface area contributed by atoms with Gasteiger partial charge in [-0.05, 0) is 40.5 Å². The summed E-state index contributed by atoms with van der Waals surface area (Å²) < 4.78 is 27.4. The highest BCUT2D eigenvalue weighted by Gasteiger charge is 2.16. The Bertz CT molecular complexity index is 587. The smallest absolute Gasteiger partial charge is 0.241 e. The van der Waals surface area contributed by atoms with E-state index >= 15 is 0 Å². The van der Waals surface area contributed by atoms with Gasteiger partial charge < -0.3 is 10.6 Å². The van der Waals surface area contributed by atoms with Crippen molar-refractivity contribution < 1.29 is 8.42 Å². The number of nitrogens with one attached hydrogen (secondary N) is 3. The zero-order valence-electron chi connectivity index (χ0n) is 11.7. The summed E-state index contributed by atoms with van der Waals surface area (Å²) in [6.07, 6.45) is 0. The molecule has 1 aromatic rings. The predicted molar refractivity (Wildman–Crippen MR) is 84.5 cm³/mol. The highest BCUT2D eigenvalue weighted by molar-refractivity contribution is 9.10. The summed E-state index contributed by atoms with van der Waals surface area (Å²) in [5.41, 5.74) is 0.891. The molecule has 112 valence electrons. The second-order valence-corrected chi connectivity index (χ2v) is 6.67. The number of aliphatic imine (C=N–C) groups is 1. The number of rotatable bonds is 5. The van der Waals surface area contributed by atoms with Gasteiger partial charge in [-0.1, -0.05) is 6.07 Å². The molecular weight excluding hydrogens is 344 g/mol. The molecule has 20 heavy (non-hydrogen) atoms. The number of hydrogen-bond acceptors (Lipinski definition) is 3. The number of hydrogen-bond donors (Lipinski definition) is 3. The molecule has 0 saturated heterocycles. The molecule has 0 radical (unpaired) electrons. The number of halogens is 1. The van der Waals surface area contributed by atoms with Crippen molar-refractivity contribution in [3.63, 3.8) is 0 Å². The van der Waals surface area contributed by atoms with E-state index in [-0.39, 0.29) is 11.4 Å². The van der Waals surface area contributed by atoms with Crippen molar-refractivity contribution in [2.24, 2.45) is 4.99 Å². The molecule has 0 fully saturated rings. The van der Waals surface area contributed by atoms with Crippen LogP contribution in [0.3, 0.4) is 0 Å². The normalized spacial score (nSPS) is 12.3. The van der Waals surface area contributed by atoms with Crippen LogP contribution in [0.15, 0.2) is 32.6 Å². The number of guanidine groups is 1. The van der Waals surface area contributed by atoms with E-state index < -0.39 is 10.0 Å². The van der Waals surface area contributed by atoms with Crippen LogP contribution in [-0.4, -0.2) is 41.6 Å². The van der Waals surface area contributed by atoms with Crippen LogP contribution < -0.4 is 15.4 Å². The van der Waals surface area contributed by atoms with Gasteiger partial charge in [0.15, 0.2) is 5.96 Å². The van der Waals surface area contributed by atoms with Crippen LogP contribution >= 0.6 is 15.9 Å². The maximum absolute atomic E-state index is 12.2. The summed E-state index contributed by atoms with van der Waals surface area (Å²) in [7, 11) is -0.137. The Hall–Kier alpha value is -1.12. The first-order valence-corrected chi connectivity index (χ1v) is 8.32. The van der Waals surface area contributed by atoms with Crippen LogP contribution in [-0.2, 0) is 10.0 Å². The van der Waals surface area contributed by atoms with Gasteiger partial charge in [0.2, 0.25) is 10.0 Å². The summed E-state index contributed by atoms with van der Waals surface area (Å²) in [5.74, 6) is 0.612. The van der Waals surface area contributed by atoms with Crippen LogP contribution in [0.25, 0.3) is 0 Å². The van der Waals surface area contributed by atoms with E-state index in [9.17, 15) is 8.42 Å². The standard InChI is InChI=1S/C12H19BrN4O2S/c1-9-4-5-10(13)11(8-9)20(18,19)17-7-6-16-12(14-2)15-3/h4-5,8,17H,6-7H2,1-3H3,(H2,14,15,16). The quantitative estimate of drug-likeness (QED) is 0.411. The molecule has 0 aliphatic heterocycles. The summed E-state index contributed by atoms with van der Waals surface area (Å²) >= 11 is 3.26. The molecule has 0 amide bonds. The fourth-order valence-electron chi connectivity index (χ4n) is 1.54. The second-order valence-electron chi connectivity index (χ2n) is 4.08. The Balaban J connectivity index is 2.65. The summed E-state index contributed by atoms with van der Waals surface area (Å²) in [5, 5.41) is 5.82. The first-order valence-electron chi connectivity index (χ1n) is 6.05. The molecule has 0 unspecified atom stereocenters. The number of benzene rings is 1. The molecule has 1 aromatic carbocycles. The summed E-state index contributed by atoms with van der Waals surface area (Å²) in [6.45, 7) is 2.56. The van der Waals surface area contributed by atoms with Gasteiger partial charge in [0.05, 0.1) is 4.90 Å². The van der Waals surface area contributed by atoms with Crippen molar-refractivity contribution in [3.8, 4) is 0 Å². The van der Waals surface area contributed by atoms with Crippen LogP contribution in [0, 0.1) is 6.92 Å². The third-order valence-corrected chi connectivity index (χ3v) is 5.00. The SMILES string of the molecule is CN=C(NC)NCCNS(=O)(=O)c1cc(C)ccc1Br. The minimum Gasteiger partial charge on any atom is -0.359 e. The van der Waals surface area contributed by atoms with Crippen LogP contribution in [0.1, 0.15) is 5.56 Å². The number of sulfonamides is 1. The lowest BCUT2D eigenvalue weighted by molar-refractivity contribution is 0.580. The maximum Gasteiger partial charge on any atom is 0.241 e. The Morgan fingerprint density at radius 1 is 1.35 bits per heavy atom. The molecule has 1 rings (SSSR count). The molecular formula is C12H19BrN4O2S. The van der Waals surface area contributed by atoms with Gasteiger partial charge >= 0.3 is 0 Å². The van der Waals surface area contributed by atoms with E-state index in [1.165, 1.54) is 0 Å². The van der Waals surface area contributed by atoms with E-state index in [0.717, 1.165) is 5.56 Å². The van der Waals surface area contributed by atoms with E-state index in [2.05, 4.69) is 36.3 Å². The molecule has 0 aromatic heterocycles. The Labute approximate surface area is 128 Å². The molecule has 3 N–H and O–H groups in total. The molecule has 0 atom stereocenters. The van der Waals surface area contributed by atoms with Crippen molar-refractivity contribution in [2.75, 3.05) is 27.2 Å². The molecule has 0 saturated carbocycles. The van der Waals surface area contributed by atoms with E-state index in [0.29, 0.717) is 17.0 Å². The monoisotopic (exact) mass is 362 g/mol. The lowest BCUT2D eigenvalue weighted by atomic mass is 10.2. The van der Waals surface area contributed by atoms with E-state index in [1.807, 2.05) is 13.0 Å². The Morgan fingerprint density at radius 3 is 2.65 bits per heavy atom. The highest BCUT2D eigenvalue weighted by atomic mass is 79.9. The molecule has 0 aliphatic rings. The lowest BCUT2D eigenvalue weighted by Crippen LogP contribution is -2.40. The zero-order valence-corrected chi connectivity index (χ0v) is 14.1. The largest absolute Gasteiger partial charge is 0.359 e. The average molecular weight is 363 g/mol. The van der Waals surface area contributed by atoms with Crippen LogP contribution in [0.4, 0.5) is 0 Å².